The Morgan fingerprint density at radius 2 is 1.80 bits per heavy atom. The molecule has 0 aliphatic carbocycles. The van der Waals surface area contributed by atoms with Gasteiger partial charge >= 0.3 is 0 Å². The number of hydrogen-bond donors (Lipinski definition) is 1. The molecule has 0 spiro atoms. The van der Waals surface area contributed by atoms with Crippen LogP contribution in [-0.4, -0.2) is 7.11 Å². The lowest BCUT2D eigenvalue weighted by Gasteiger charge is -2.13. The standard InChI is InChI=1S/C14H11ClF3NO/c1-20-14-4-2-3-9(15)8(14)7-19-13-6-11(17)10(16)5-12(13)18/h2-6,19H,7H2,1H3. The third-order valence-electron chi connectivity index (χ3n) is 2.76. The number of ether oxygens (including phenoxy) is 1. The van der Waals surface area contributed by atoms with E-state index in [0.717, 1.165) is 6.07 Å². The van der Waals surface area contributed by atoms with Gasteiger partial charge in [0.1, 0.15) is 11.6 Å². The molecule has 0 amide bonds. The Bertz CT molecular complexity index is 634. The minimum absolute atomic E-state index is 0.116. The summed E-state index contributed by atoms with van der Waals surface area (Å²) in [5, 5.41) is 3.10. The predicted octanol–water partition coefficient (Wildman–Crippen LogP) is 4.38. The normalized spacial score (nSPS) is 10.4. The van der Waals surface area contributed by atoms with Crippen LogP contribution in [0.15, 0.2) is 30.3 Å². The second-order valence-electron chi connectivity index (χ2n) is 4.02. The Hall–Kier alpha value is -1.88. The summed E-state index contributed by atoms with van der Waals surface area (Å²) in [5.41, 5.74) is 0.451. The van der Waals surface area contributed by atoms with E-state index in [9.17, 15) is 13.2 Å². The van der Waals surface area contributed by atoms with Crippen LogP contribution in [0.1, 0.15) is 5.56 Å². The maximum Gasteiger partial charge on any atom is 0.161 e. The summed E-state index contributed by atoms with van der Waals surface area (Å²) in [7, 11) is 1.48. The van der Waals surface area contributed by atoms with Crippen LogP contribution < -0.4 is 10.1 Å². The van der Waals surface area contributed by atoms with Gasteiger partial charge in [0.25, 0.3) is 0 Å². The fourth-order valence-electron chi connectivity index (χ4n) is 1.74. The fraction of sp³-hybridized carbons (Fsp3) is 0.143. The van der Waals surface area contributed by atoms with E-state index < -0.39 is 17.5 Å². The van der Waals surface area contributed by atoms with Crippen molar-refractivity contribution in [2.45, 2.75) is 6.54 Å². The Labute approximate surface area is 119 Å². The molecule has 0 aliphatic heterocycles. The zero-order valence-electron chi connectivity index (χ0n) is 10.5. The van der Waals surface area contributed by atoms with Crippen molar-refractivity contribution in [3.63, 3.8) is 0 Å². The smallest absolute Gasteiger partial charge is 0.161 e. The first-order chi connectivity index (χ1) is 9.52. The van der Waals surface area contributed by atoms with Crippen LogP contribution in [0.2, 0.25) is 5.02 Å². The highest BCUT2D eigenvalue weighted by atomic mass is 35.5. The highest BCUT2D eigenvalue weighted by Gasteiger charge is 2.12. The molecule has 2 aromatic carbocycles. The molecular weight excluding hydrogens is 291 g/mol. The number of hydrogen-bond acceptors (Lipinski definition) is 2. The molecule has 0 saturated heterocycles. The Kier molecular flexibility index (Phi) is 4.39. The van der Waals surface area contributed by atoms with Crippen molar-refractivity contribution in [2.75, 3.05) is 12.4 Å². The number of nitrogens with one attached hydrogen (secondary N) is 1. The molecule has 0 unspecified atom stereocenters. The van der Waals surface area contributed by atoms with Gasteiger partial charge in [-0.3, -0.25) is 0 Å². The quantitative estimate of drug-likeness (QED) is 0.846. The van der Waals surface area contributed by atoms with Gasteiger partial charge in [0, 0.05) is 29.3 Å². The molecule has 1 N–H and O–H groups in total. The summed E-state index contributed by atoms with van der Waals surface area (Å²) in [5.74, 6) is -2.72. The number of anilines is 1. The molecule has 0 atom stereocenters. The molecule has 2 aromatic rings. The average molecular weight is 302 g/mol. The molecule has 0 aromatic heterocycles. The number of rotatable bonds is 4. The summed E-state index contributed by atoms with van der Waals surface area (Å²) in [4.78, 5) is 0. The Balaban J connectivity index is 2.23. The van der Waals surface area contributed by atoms with Crippen molar-refractivity contribution in [2.24, 2.45) is 0 Å². The maximum atomic E-state index is 13.5. The van der Waals surface area contributed by atoms with E-state index >= 15 is 0 Å². The topological polar surface area (TPSA) is 21.3 Å². The average Bonchev–Trinajstić information content (AvgIpc) is 2.42. The van der Waals surface area contributed by atoms with Gasteiger partial charge in [-0.15, -0.1) is 0 Å². The number of benzene rings is 2. The van der Waals surface area contributed by atoms with Gasteiger partial charge in [0.2, 0.25) is 0 Å². The van der Waals surface area contributed by atoms with E-state index in [-0.39, 0.29) is 12.2 Å². The van der Waals surface area contributed by atoms with Crippen molar-refractivity contribution in [1.82, 2.24) is 0 Å². The lowest BCUT2D eigenvalue weighted by atomic mass is 10.2. The molecule has 0 heterocycles. The molecular formula is C14H11ClF3NO. The van der Waals surface area contributed by atoms with E-state index in [1.807, 2.05) is 0 Å². The van der Waals surface area contributed by atoms with Crippen molar-refractivity contribution < 1.29 is 17.9 Å². The zero-order valence-corrected chi connectivity index (χ0v) is 11.3. The molecule has 0 bridgehead atoms. The fourth-order valence-corrected chi connectivity index (χ4v) is 1.98. The minimum Gasteiger partial charge on any atom is -0.496 e. The van der Waals surface area contributed by atoms with E-state index in [0.29, 0.717) is 22.4 Å². The summed E-state index contributed by atoms with van der Waals surface area (Å²) in [6.45, 7) is 0.116. The van der Waals surface area contributed by atoms with Gasteiger partial charge in [-0.2, -0.15) is 0 Å². The summed E-state index contributed by atoms with van der Waals surface area (Å²) in [6, 6.07) is 6.31. The third-order valence-corrected chi connectivity index (χ3v) is 3.12. The first-order valence-corrected chi connectivity index (χ1v) is 6.10. The maximum absolute atomic E-state index is 13.5. The molecule has 0 fully saturated rings. The van der Waals surface area contributed by atoms with Crippen molar-refractivity contribution in [1.29, 1.82) is 0 Å². The molecule has 6 heteroatoms. The van der Waals surface area contributed by atoms with Crippen LogP contribution in [0.3, 0.4) is 0 Å². The highest BCUT2D eigenvalue weighted by Crippen LogP contribution is 2.28. The number of methoxy groups -OCH3 is 1. The molecule has 2 rings (SSSR count). The summed E-state index contributed by atoms with van der Waals surface area (Å²) in [6.07, 6.45) is 0. The minimum atomic E-state index is -1.23. The molecule has 2 nitrogen and oxygen atoms in total. The van der Waals surface area contributed by atoms with Gasteiger partial charge in [0.15, 0.2) is 11.6 Å². The molecule has 106 valence electrons. The molecule has 0 aliphatic rings. The third kappa shape index (κ3) is 2.99. The van der Waals surface area contributed by atoms with Gasteiger partial charge in [0.05, 0.1) is 12.8 Å². The second kappa shape index (κ2) is 6.05. The van der Waals surface area contributed by atoms with E-state index in [1.165, 1.54) is 7.11 Å². The van der Waals surface area contributed by atoms with E-state index in [4.69, 9.17) is 16.3 Å². The van der Waals surface area contributed by atoms with Crippen molar-refractivity contribution >= 4 is 17.3 Å². The summed E-state index contributed by atoms with van der Waals surface area (Å²) >= 11 is 6.02. The SMILES string of the molecule is COc1cccc(Cl)c1CNc1cc(F)c(F)cc1F. The van der Waals surface area contributed by atoms with Crippen LogP contribution in [0.5, 0.6) is 5.75 Å². The van der Waals surface area contributed by atoms with Gasteiger partial charge in [-0.05, 0) is 12.1 Å². The lowest BCUT2D eigenvalue weighted by molar-refractivity contribution is 0.410. The van der Waals surface area contributed by atoms with Crippen LogP contribution >= 0.6 is 11.6 Å². The van der Waals surface area contributed by atoms with Gasteiger partial charge in [-0.1, -0.05) is 17.7 Å². The van der Waals surface area contributed by atoms with Crippen molar-refractivity contribution in [3.05, 3.63) is 58.4 Å². The van der Waals surface area contributed by atoms with E-state index in [2.05, 4.69) is 5.32 Å². The monoisotopic (exact) mass is 301 g/mol. The molecule has 20 heavy (non-hydrogen) atoms. The Morgan fingerprint density at radius 1 is 1.10 bits per heavy atom. The number of halogens is 4. The predicted molar refractivity (Wildman–Crippen MR) is 71.6 cm³/mol. The lowest BCUT2D eigenvalue weighted by Crippen LogP contribution is -2.05. The second-order valence-corrected chi connectivity index (χ2v) is 4.43. The van der Waals surface area contributed by atoms with Crippen LogP contribution in [0, 0.1) is 17.5 Å². The van der Waals surface area contributed by atoms with Gasteiger partial charge < -0.3 is 10.1 Å². The molecule has 0 saturated carbocycles. The zero-order chi connectivity index (χ0) is 14.7. The highest BCUT2D eigenvalue weighted by molar-refractivity contribution is 6.31. The van der Waals surface area contributed by atoms with Crippen LogP contribution in [-0.2, 0) is 6.54 Å². The van der Waals surface area contributed by atoms with Crippen LogP contribution in [0.4, 0.5) is 18.9 Å². The largest absolute Gasteiger partial charge is 0.496 e. The first kappa shape index (κ1) is 14.5. The Morgan fingerprint density at radius 3 is 2.50 bits per heavy atom. The van der Waals surface area contributed by atoms with E-state index in [1.54, 1.807) is 18.2 Å². The molecule has 0 radical (unpaired) electrons. The first-order valence-electron chi connectivity index (χ1n) is 5.72. The van der Waals surface area contributed by atoms with Crippen LogP contribution in [0.25, 0.3) is 0 Å². The van der Waals surface area contributed by atoms with Crippen molar-refractivity contribution in [3.8, 4) is 5.75 Å². The van der Waals surface area contributed by atoms with Gasteiger partial charge in [-0.25, -0.2) is 13.2 Å². The summed E-state index contributed by atoms with van der Waals surface area (Å²) < 4.78 is 44.5.